The quantitative estimate of drug-likeness (QED) is 0.697. The maximum absolute atomic E-state index is 12.0. The van der Waals surface area contributed by atoms with Gasteiger partial charge in [-0.2, -0.15) is 4.31 Å². The summed E-state index contributed by atoms with van der Waals surface area (Å²) < 4.78 is 47.5. The Hall–Kier alpha value is -0.180. The van der Waals surface area contributed by atoms with E-state index in [9.17, 15) is 16.8 Å². The molecule has 0 fully saturated rings. The van der Waals surface area contributed by atoms with Crippen LogP contribution in [0.25, 0.3) is 0 Å². The second-order valence-corrected chi connectivity index (χ2v) is 8.77. The molecule has 0 amide bonds. The van der Waals surface area contributed by atoms with Gasteiger partial charge >= 0.3 is 0 Å². The number of rotatable bonds is 7. The molecule has 0 bridgehead atoms. The molecule has 0 saturated carbocycles. The summed E-state index contributed by atoms with van der Waals surface area (Å²) in [4.78, 5) is 0. The number of sulfone groups is 1. The molecule has 0 radical (unpaired) electrons. The van der Waals surface area contributed by atoms with Crippen LogP contribution in [-0.4, -0.2) is 51.1 Å². The van der Waals surface area contributed by atoms with Gasteiger partial charge in [0.15, 0.2) is 14.9 Å². The van der Waals surface area contributed by atoms with E-state index in [-0.39, 0.29) is 13.1 Å². The Bertz CT molecular complexity index is 438. The van der Waals surface area contributed by atoms with Gasteiger partial charge in [0.2, 0.25) is 10.0 Å². The van der Waals surface area contributed by atoms with Gasteiger partial charge in [-0.1, -0.05) is 13.8 Å². The van der Waals surface area contributed by atoms with Crippen LogP contribution >= 0.6 is 0 Å². The van der Waals surface area contributed by atoms with Crippen LogP contribution in [0.3, 0.4) is 0 Å². The summed E-state index contributed by atoms with van der Waals surface area (Å²) in [6.45, 7) is 5.57. The van der Waals surface area contributed by atoms with Crippen LogP contribution in [0.1, 0.15) is 27.2 Å². The van der Waals surface area contributed by atoms with E-state index in [1.54, 1.807) is 13.8 Å². The average Bonchev–Trinajstić information content (AvgIpc) is 2.14. The van der Waals surface area contributed by atoms with Gasteiger partial charge in [0.05, 0.1) is 0 Å². The summed E-state index contributed by atoms with van der Waals surface area (Å²) in [5, 5.41) is -0.872. The molecule has 17 heavy (non-hydrogen) atoms. The highest BCUT2D eigenvalue weighted by Gasteiger charge is 2.37. The minimum atomic E-state index is -3.85. The molecule has 1 atom stereocenters. The monoisotopic (exact) mass is 286 g/mol. The van der Waals surface area contributed by atoms with Crippen molar-refractivity contribution in [3.63, 3.8) is 0 Å². The Morgan fingerprint density at radius 3 is 1.88 bits per heavy atom. The second kappa shape index (κ2) is 5.64. The van der Waals surface area contributed by atoms with Crippen molar-refractivity contribution in [3.8, 4) is 0 Å². The van der Waals surface area contributed by atoms with E-state index < -0.39 is 30.5 Å². The van der Waals surface area contributed by atoms with Crippen LogP contribution in [-0.2, 0) is 19.9 Å². The molecule has 0 saturated heterocycles. The molecule has 6 nitrogen and oxygen atoms in total. The van der Waals surface area contributed by atoms with Gasteiger partial charge in [0.25, 0.3) is 0 Å². The van der Waals surface area contributed by atoms with Crippen LogP contribution < -0.4 is 5.73 Å². The van der Waals surface area contributed by atoms with E-state index in [0.717, 1.165) is 6.26 Å². The first-order valence-electron chi connectivity index (χ1n) is 5.40. The topological polar surface area (TPSA) is 97.5 Å². The molecule has 0 heterocycles. The van der Waals surface area contributed by atoms with Gasteiger partial charge in [-0.15, -0.1) is 0 Å². The standard InChI is InChI=1S/C9H22N2O4S2/c1-5-9(3,7-10)11(6-2)17(14,15)8-16(4,12)13/h5-8,10H2,1-4H3. The molecule has 0 aromatic heterocycles. The Kier molecular flexibility index (Phi) is 5.58. The first kappa shape index (κ1) is 16.8. The van der Waals surface area contributed by atoms with Crippen molar-refractivity contribution in [1.82, 2.24) is 4.31 Å². The molecule has 0 aromatic carbocycles. The Labute approximate surface area is 104 Å². The SMILES string of the molecule is CCN(C(C)(CC)CN)S(=O)(=O)CS(C)(=O)=O. The number of sulfonamides is 1. The molecule has 104 valence electrons. The van der Waals surface area contributed by atoms with E-state index in [2.05, 4.69) is 0 Å². The summed E-state index contributed by atoms with van der Waals surface area (Å²) in [7, 11) is -7.43. The number of hydrogen-bond donors (Lipinski definition) is 1. The highest BCUT2D eigenvalue weighted by molar-refractivity contribution is 8.06. The lowest BCUT2D eigenvalue weighted by Crippen LogP contribution is -2.54. The van der Waals surface area contributed by atoms with Crippen molar-refractivity contribution in [2.24, 2.45) is 5.73 Å². The molecule has 0 aliphatic heterocycles. The van der Waals surface area contributed by atoms with E-state index in [1.807, 2.05) is 6.92 Å². The lowest BCUT2D eigenvalue weighted by Gasteiger charge is -2.38. The molecule has 0 aromatic rings. The van der Waals surface area contributed by atoms with Crippen LogP contribution in [0, 0.1) is 0 Å². The molecule has 0 spiro atoms. The van der Waals surface area contributed by atoms with Crippen LogP contribution in [0.15, 0.2) is 0 Å². The fraction of sp³-hybridized carbons (Fsp3) is 1.00. The molecule has 0 rings (SSSR count). The first-order chi connectivity index (χ1) is 7.52. The number of nitrogens with zero attached hydrogens (tertiary/aromatic N) is 1. The third kappa shape index (κ3) is 4.53. The molecule has 0 aliphatic carbocycles. The van der Waals surface area contributed by atoms with E-state index >= 15 is 0 Å². The maximum Gasteiger partial charge on any atom is 0.229 e. The third-order valence-corrected chi connectivity index (χ3v) is 7.06. The second-order valence-electron chi connectivity index (χ2n) is 4.37. The third-order valence-electron chi connectivity index (χ3n) is 2.79. The van der Waals surface area contributed by atoms with E-state index in [1.165, 1.54) is 4.31 Å². The van der Waals surface area contributed by atoms with Gasteiger partial charge in [0, 0.05) is 24.9 Å². The minimum absolute atomic E-state index is 0.153. The van der Waals surface area contributed by atoms with Crippen molar-refractivity contribution in [2.75, 3.05) is 24.4 Å². The Morgan fingerprint density at radius 2 is 1.65 bits per heavy atom. The highest BCUT2D eigenvalue weighted by atomic mass is 32.3. The smallest absolute Gasteiger partial charge is 0.229 e. The Morgan fingerprint density at radius 1 is 1.18 bits per heavy atom. The normalized spacial score (nSPS) is 17.1. The summed E-state index contributed by atoms with van der Waals surface area (Å²) in [6.07, 6.45) is 1.43. The van der Waals surface area contributed by atoms with Gasteiger partial charge in [-0.25, -0.2) is 16.8 Å². The summed E-state index contributed by atoms with van der Waals surface area (Å²) in [6, 6.07) is 0. The molecular weight excluding hydrogens is 264 g/mol. The summed E-state index contributed by atoms with van der Waals surface area (Å²) >= 11 is 0. The summed E-state index contributed by atoms with van der Waals surface area (Å²) in [5.74, 6) is 0. The van der Waals surface area contributed by atoms with Gasteiger partial charge in [-0.05, 0) is 13.3 Å². The molecule has 1 unspecified atom stereocenters. The van der Waals surface area contributed by atoms with Gasteiger partial charge in [0.1, 0.15) is 0 Å². The predicted octanol–water partition coefficient (Wildman–Crippen LogP) is -0.232. The zero-order valence-electron chi connectivity index (χ0n) is 10.8. The largest absolute Gasteiger partial charge is 0.329 e. The lowest BCUT2D eigenvalue weighted by atomic mass is 9.99. The zero-order valence-corrected chi connectivity index (χ0v) is 12.4. The number of nitrogens with two attached hydrogens (primary N) is 1. The van der Waals surface area contributed by atoms with Crippen molar-refractivity contribution >= 4 is 19.9 Å². The number of hydrogen-bond acceptors (Lipinski definition) is 5. The van der Waals surface area contributed by atoms with Crippen molar-refractivity contribution < 1.29 is 16.8 Å². The van der Waals surface area contributed by atoms with Gasteiger partial charge < -0.3 is 5.73 Å². The van der Waals surface area contributed by atoms with Crippen LogP contribution in [0.5, 0.6) is 0 Å². The fourth-order valence-electron chi connectivity index (χ4n) is 1.67. The molecule has 8 heteroatoms. The van der Waals surface area contributed by atoms with Crippen molar-refractivity contribution in [1.29, 1.82) is 0 Å². The molecule has 2 N–H and O–H groups in total. The molecule has 0 aliphatic rings. The zero-order chi connectivity index (χ0) is 13.9. The van der Waals surface area contributed by atoms with Crippen LogP contribution in [0.4, 0.5) is 0 Å². The molecular formula is C9H22N2O4S2. The Balaban J connectivity index is 5.41. The van der Waals surface area contributed by atoms with Crippen LogP contribution in [0.2, 0.25) is 0 Å². The fourth-order valence-corrected chi connectivity index (χ4v) is 5.61. The average molecular weight is 286 g/mol. The van der Waals surface area contributed by atoms with E-state index in [4.69, 9.17) is 5.73 Å². The first-order valence-corrected chi connectivity index (χ1v) is 9.07. The highest BCUT2D eigenvalue weighted by Crippen LogP contribution is 2.22. The van der Waals surface area contributed by atoms with E-state index in [0.29, 0.717) is 6.42 Å². The number of likely N-dealkylation sites (N-methyl/N-ethyl adjacent to an activating group) is 1. The summed E-state index contributed by atoms with van der Waals surface area (Å²) in [5.41, 5.74) is 4.86. The van der Waals surface area contributed by atoms with Crippen molar-refractivity contribution in [3.05, 3.63) is 0 Å². The van der Waals surface area contributed by atoms with Crippen molar-refractivity contribution in [2.45, 2.75) is 32.7 Å². The lowest BCUT2D eigenvalue weighted by molar-refractivity contribution is 0.215. The van der Waals surface area contributed by atoms with Gasteiger partial charge in [-0.3, -0.25) is 0 Å². The maximum atomic E-state index is 12.0. The predicted molar refractivity (Wildman–Crippen MR) is 68.8 cm³/mol. The minimum Gasteiger partial charge on any atom is -0.329 e.